The van der Waals surface area contributed by atoms with Crippen LogP contribution < -0.4 is 4.74 Å². The van der Waals surface area contributed by atoms with E-state index in [0.29, 0.717) is 0 Å². The fraction of sp³-hybridized carbons (Fsp3) is 0.417. The van der Waals surface area contributed by atoms with Crippen LogP contribution in [-0.4, -0.2) is 25.0 Å². The van der Waals surface area contributed by atoms with Crippen molar-refractivity contribution in [1.29, 1.82) is 0 Å². The Morgan fingerprint density at radius 2 is 2.00 bits per heavy atom. The molecule has 1 aromatic carbocycles. The molecule has 1 amide bonds. The summed E-state index contributed by atoms with van der Waals surface area (Å²) in [6.07, 6.45) is 0. The van der Waals surface area contributed by atoms with Crippen LogP contribution in [-0.2, 0) is 5.54 Å². The molecule has 0 unspecified atom stereocenters. The van der Waals surface area contributed by atoms with E-state index in [1.807, 2.05) is 39.1 Å². The number of methoxy groups -OCH3 is 1. The Balaban J connectivity index is 2.72. The van der Waals surface area contributed by atoms with Crippen LogP contribution in [0, 0.1) is 0 Å². The highest BCUT2D eigenvalue weighted by molar-refractivity contribution is 6.00. The van der Waals surface area contributed by atoms with Crippen LogP contribution in [0.15, 0.2) is 18.2 Å². The smallest absolute Gasteiger partial charge is 0.254 e. The van der Waals surface area contributed by atoms with Crippen LogP contribution in [0.4, 0.5) is 0 Å². The summed E-state index contributed by atoms with van der Waals surface area (Å²) in [5, 5.41) is 0. The standard InChI is InChI=1S/C12H15NO2/c1-12(2)10-8(11(14)13(12)3)6-5-7-9(10)15-4/h5-7H,1-4H3. The molecule has 2 rings (SSSR count). The summed E-state index contributed by atoms with van der Waals surface area (Å²) in [5.74, 6) is 0.851. The molecule has 15 heavy (non-hydrogen) atoms. The highest BCUT2D eigenvalue weighted by Gasteiger charge is 2.42. The van der Waals surface area contributed by atoms with E-state index in [2.05, 4.69) is 0 Å². The molecule has 0 N–H and O–H groups in total. The molecule has 0 fully saturated rings. The molecule has 3 heteroatoms. The molecular formula is C12H15NO2. The normalized spacial score (nSPS) is 17.9. The Labute approximate surface area is 89.7 Å². The van der Waals surface area contributed by atoms with E-state index in [0.717, 1.165) is 16.9 Å². The fourth-order valence-electron chi connectivity index (χ4n) is 2.11. The third kappa shape index (κ3) is 1.16. The van der Waals surface area contributed by atoms with Crippen LogP contribution >= 0.6 is 0 Å². The molecule has 1 aliphatic heterocycles. The lowest BCUT2D eigenvalue weighted by molar-refractivity contribution is 0.0689. The second-order valence-electron chi connectivity index (χ2n) is 4.31. The van der Waals surface area contributed by atoms with Gasteiger partial charge in [0, 0.05) is 18.2 Å². The first-order chi connectivity index (χ1) is 7.00. The topological polar surface area (TPSA) is 29.5 Å². The summed E-state index contributed by atoms with van der Waals surface area (Å²) < 4.78 is 5.31. The van der Waals surface area contributed by atoms with Crippen LogP contribution in [0.3, 0.4) is 0 Å². The summed E-state index contributed by atoms with van der Waals surface area (Å²) in [6, 6.07) is 5.60. The molecule has 1 aromatic rings. The molecule has 3 nitrogen and oxygen atoms in total. The van der Waals surface area contributed by atoms with Crippen molar-refractivity contribution < 1.29 is 9.53 Å². The molecule has 0 spiro atoms. The number of hydrogen-bond acceptors (Lipinski definition) is 2. The Kier molecular flexibility index (Phi) is 2.00. The van der Waals surface area contributed by atoms with Gasteiger partial charge < -0.3 is 9.64 Å². The number of ether oxygens (including phenoxy) is 1. The van der Waals surface area contributed by atoms with Gasteiger partial charge in [-0.1, -0.05) is 6.07 Å². The van der Waals surface area contributed by atoms with Crippen LogP contribution in [0.25, 0.3) is 0 Å². The lowest BCUT2D eigenvalue weighted by Crippen LogP contribution is -2.35. The van der Waals surface area contributed by atoms with Crippen molar-refractivity contribution >= 4 is 5.91 Å². The Hall–Kier alpha value is -1.51. The average Bonchev–Trinajstić information content (AvgIpc) is 2.41. The lowest BCUT2D eigenvalue weighted by Gasteiger charge is -2.29. The number of fused-ring (bicyclic) bond motifs is 1. The van der Waals surface area contributed by atoms with Crippen molar-refractivity contribution in [3.63, 3.8) is 0 Å². The summed E-state index contributed by atoms with van der Waals surface area (Å²) in [7, 11) is 3.45. The highest BCUT2D eigenvalue weighted by atomic mass is 16.5. The summed E-state index contributed by atoms with van der Waals surface area (Å²) in [5.41, 5.74) is 1.45. The van der Waals surface area contributed by atoms with Gasteiger partial charge in [0.2, 0.25) is 0 Å². The first-order valence-electron chi connectivity index (χ1n) is 4.95. The van der Waals surface area contributed by atoms with Gasteiger partial charge >= 0.3 is 0 Å². The number of rotatable bonds is 1. The predicted molar refractivity (Wildman–Crippen MR) is 58.1 cm³/mol. The average molecular weight is 205 g/mol. The highest BCUT2D eigenvalue weighted by Crippen LogP contribution is 2.42. The SMILES string of the molecule is COc1cccc2c1C(C)(C)N(C)C2=O. The molecule has 1 aliphatic rings. The lowest BCUT2D eigenvalue weighted by atomic mass is 9.93. The minimum atomic E-state index is -0.293. The maximum Gasteiger partial charge on any atom is 0.254 e. The van der Waals surface area contributed by atoms with E-state index in [4.69, 9.17) is 4.74 Å². The summed E-state index contributed by atoms with van der Waals surface area (Å²) >= 11 is 0. The van der Waals surface area contributed by atoms with Gasteiger partial charge in [-0.05, 0) is 26.0 Å². The number of carbonyl (C=O) groups excluding carboxylic acids is 1. The molecule has 0 bridgehead atoms. The van der Waals surface area contributed by atoms with Gasteiger partial charge in [-0.25, -0.2) is 0 Å². The van der Waals surface area contributed by atoms with E-state index < -0.39 is 0 Å². The molecule has 0 saturated heterocycles. The number of amides is 1. The van der Waals surface area contributed by atoms with Crippen molar-refractivity contribution in [3.8, 4) is 5.75 Å². The predicted octanol–water partition coefficient (Wildman–Crippen LogP) is 2.02. The zero-order valence-corrected chi connectivity index (χ0v) is 9.50. The van der Waals surface area contributed by atoms with Crippen LogP contribution in [0.5, 0.6) is 5.75 Å². The Morgan fingerprint density at radius 3 is 2.60 bits per heavy atom. The largest absolute Gasteiger partial charge is 0.496 e. The van der Waals surface area contributed by atoms with E-state index in [1.54, 1.807) is 12.0 Å². The third-order valence-corrected chi connectivity index (χ3v) is 3.23. The van der Waals surface area contributed by atoms with Gasteiger partial charge in [-0.2, -0.15) is 0 Å². The van der Waals surface area contributed by atoms with Crippen molar-refractivity contribution in [2.24, 2.45) is 0 Å². The van der Waals surface area contributed by atoms with E-state index in [1.165, 1.54) is 0 Å². The molecular weight excluding hydrogens is 190 g/mol. The number of benzene rings is 1. The van der Waals surface area contributed by atoms with E-state index in [-0.39, 0.29) is 11.4 Å². The molecule has 0 atom stereocenters. The molecule has 0 aromatic heterocycles. The Bertz CT molecular complexity index is 424. The zero-order chi connectivity index (χ0) is 11.2. The summed E-state index contributed by atoms with van der Waals surface area (Å²) in [6.45, 7) is 4.05. The van der Waals surface area contributed by atoms with Crippen LogP contribution in [0.1, 0.15) is 29.8 Å². The minimum absolute atomic E-state index is 0.0638. The number of nitrogens with zero attached hydrogens (tertiary/aromatic N) is 1. The third-order valence-electron chi connectivity index (χ3n) is 3.23. The molecule has 80 valence electrons. The molecule has 0 radical (unpaired) electrons. The minimum Gasteiger partial charge on any atom is -0.496 e. The van der Waals surface area contributed by atoms with Gasteiger partial charge in [0.05, 0.1) is 12.6 Å². The second kappa shape index (κ2) is 2.99. The Morgan fingerprint density at radius 1 is 1.33 bits per heavy atom. The van der Waals surface area contributed by atoms with Gasteiger partial charge in [-0.3, -0.25) is 4.79 Å². The number of carbonyl (C=O) groups is 1. The second-order valence-corrected chi connectivity index (χ2v) is 4.31. The molecule has 0 saturated carbocycles. The summed E-state index contributed by atoms with van der Waals surface area (Å²) in [4.78, 5) is 13.7. The van der Waals surface area contributed by atoms with Crippen LogP contribution in [0.2, 0.25) is 0 Å². The maximum absolute atomic E-state index is 12.0. The van der Waals surface area contributed by atoms with Crippen molar-refractivity contribution in [2.45, 2.75) is 19.4 Å². The number of hydrogen-bond donors (Lipinski definition) is 0. The fourth-order valence-corrected chi connectivity index (χ4v) is 2.11. The van der Waals surface area contributed by atoms with E-state index in [9.17, 15) is 4.79 Å². The quantitative estimate of drug-likeness (QED) is 0.702. The molecule has 0 aliphatic carbocycles. The van der Waals surface area contributed by atoms with Crippen molar-refractivity contribution in [1.82, 2.24) is 4.90 Å². The zero-order valence-electron chi connectivity index (χ0n) is 9.50. The van der Waals surface area contributed by atoms with E-state index >= 15 is 0 Å². The monoisotopic (exact) mass is 205 g/mol. The van der Waals surface area contributed by atoms with Crippen molar-refractivity contribution in [3.05, 3.63) is 29.3 Å². The van der Waals surface area contributed by atoms with Gasteiger partial charge in [0.15, 0.2) is 0 Å². The maximum atomic E-state index is 12.0. The first-order valence-corrected chi connectivity index (χ1v) is 4.95. The van der Waals surface area contributed by atoms with Gasteiger partial charge in [0.1, 0.15) is 5.75 Å². The van der Waals surface area contributed by atoms with Gasteiger partial charge in [0.25, 0.3) is 5.91 Å². The molecule has 1 heterocycles. The van der Waals surface area contributed by atoms with Crippen molar-refractivity contribution in [2.75, 3.05) is 14.2 Å². The van der Waals surface area contributed by atoms with Gasteiger partial charge in [-0.15, -0.1) is 0 Å². The first kappa shape index (κ1) is 10.0.